The van der Waals surface area contributed by atoms with E-state index < -0.39 is 58.6 Å². The Balaban J connectivity index is 0.000000211. The maximum atomic E-state index is 14.8. The van der Waals surface area contributed by atoms with Gasteiger partial charge in [-0.25, -0.2) is 51.7 Å². The molecule has 0 bridgehead atoms. The zero-order chi connectivity index (χ0) is 52.0. The van der Waals surface area contributed by atoms with Gasteiger partial charge < -0.3 is 41.9 Å². The summed E-state index contributed by atoms with van der Waals surface area (Å²) in [6.07, 6.45) is 1.20. The molecule has 0 unspecified atom stereocenters. The number of primary amides is 1. The smallest absolute Gasteiger partial charge is 0.335 e. The van der Waals surface area contributed by atoms with Crippen LogP contribution >= 0.6 is 0 Å². The summed E-state index contributed by atoms with van der Waals surface area (Å²) in [6.45, 7) is 6.15. The highest BCUT2D eigenvalue weighted by molar-refractivity contribution is 6.04. The molecule has 4 heterocycles. The molecule has 2 aromatic heterocycles. The number of carboxylic acids is 1. The number of halogens is 4. The quantitative estimate of drug-likeness (QED) is 0.0519. The minimum Gasteiger partial charge on any atom is -0.478 e. The normalized spacial score (nSPS) is 12.9. The van der Waals surface area contributed by atoms with Gasteiger partial charge in [0.15, 0.2) is 11.6 Å². The summed E-state index contributed by atoms with van der Waals surface area (Å²) in [7, 11) is 7.63. The third-order valence-electron chi connectivity index (χ3n) is 11.7. The Kier molecular flexibility index (Phi) is 15.9. The molecule has 0 saturated heterocycles. The standard InChI is InChI=1S/C25H27F2N7O2.C25H26F2N6O3/c1-4-14-8-9-15(22(28)35)12-16(14)20-17-13-30-25(36)34(21-18(26)6-5-7-19(21)27)23(17)32-24(31-20)29-10-11-33(2)3;1-4-14-8-9-15(23(34)35)12-16(14)20-17-13-29-25(36)33(21-18(26)6-5-7-19(21)27)22(17)31-24(30-20)28-10-11-32(2)3/h5-9,12H,4,10-11,13H2,1-3H3,(H2,28,35)(H,30,36)(H,29,31,32);5-9,12H,4,10-11,13H2,1-3H3,(H,29,36)(H,34,35)(H,28,30,31). The van der Waals surface area contributed by atoms with E-state index in [1.54, 1.807) is 24.3 Å². The molecule has 0 atom stereocenters. The van der Waals surface area contributed by atoms with E-state index in [0.717, 1.165) is 45.2 Å². The number of amides is 5. The number of nitrogens with one attached hydrogen (secondary N) is 4. The van der Waals surface area contributed by atoms with Crippen molar-refractivity contribution in [3.05, 3.63) is 129 Å². The first-order chi connectivity index (χ1) is 34.4. The molecule has 18 nitrogen and oxygen atoms in total. The van der Waals surface area contributed by atoms with Gasteiger partial charge in [0.1, 0.15) is 34.6 Å². The van der Waals surface area contributed by atoms with Crippen molar-refractivity contribution in [1.29, 1.82) is 0 Å². The van der Waals surface area contributed by atoms with Crippen molar-refractivity contribution in [2.45, 2.75) is 39.8 Å². The van der Waals surface area contributed by atoms with Crippen LogP contribution in [0.15, 0.2) is 72.8 Å². The number of aromatic nitrogens is 4. The summed E-state index contributed by atoms with van der Waals surface area (Å²) in [5, 5.41) is 21.1. The van der Waals surface area contributed by atoms with Crippen molar-refractivity contribution in [2.75, 3.05) is 74.8 Å². The molecule has 4 aromatic carbocycles. The zero-order valence-corrected chi connectivity index (χ0v) is 40.3. The maximum absolute atomic E-state index is 14.8. The number of aromatic carboxylic acids is 1. The first-order valence-electron chi connectivity index (χ1n) is 22.8. The Bertz CT molecular complexity index is 2820. The molecule has 5 amide bonds. The molecule has 376 valence electrons. The molecule has 6 aromatic rings. The molecule has 8 rings (SSSR count). The van der Waals surface area contributed by atoms with Gasteiger partial charge >= 0.3 is 18.0 Å². The number of nitrogens with zero attached hydrogens (tertiary/aromatic N) is 8. The Morgan fingerprint density at radius 1 is 0.639 bits per heavy atom. The molecular formula is C50H53F4N13O5. The van der Waals surface area contributed by atoms with Crippen LogP contribution in [0.2, 0.25) is 0 Å². The number of hydrogen-bond acceptors (Lipinski definition) is 12. The van der Waals surface area contributed by atoms with Gasteiger partial charge in [0.2, 0.25) is 17.8 Å². The number of hydrogen-bond donors (Lipinski definition) is 6. The van der Waals surface area contributed by atoms with E-state index in [1.165, 1.54) is 24.3 Å². The summed E-state index contributed by atoms with van der Waals surface area (Å²) < 4.78 is 59.2. The summed E-state index contributed by atoms with van der Waals surface area (Å²) >= 11 is 0. The lowest BCUT2D eigenvalue weighted by Crippen LogP contribution is -2.43. The average molecular weight is 992 g/mol. The van der Waals surface area contributed by atoms with Crippen LogP contribution in [-0.2, 0) is 25.9 Å². The van der Waals surface area contributed by atoms with E-state index in [2.05, 4.69) is 36.2 Å². The molecular weight excluding hydrogens is 939 g/mol. The monoisotopic (exact) mass is 991 g/mol. The van der Waals surface area contributed by atoms with E-state index in [4.69, 9.17) is 10.7 Å². The average Bonchev–Trinajstić information content (AvgIpc) is 3.34. The van der Waals surface area contributed by atoms with Gasteiger partial charge in [-0.05, 0) is 101 Å². The number of anilines is 6. The molecule has 0 radical (unpaired) electrons. The fraction of sp³-hybridized carbons (Fsp3) is 0.280. The molecule has 72 heavy (non-hydrogen) atoms. The molecule has 0 saturated carbocycles. The number of likely N-dealkylation sites (N-methyl/N-ethyl adjacent to an activating group) is 2. The topological polar surface area (TPSA) is 227 Å². The second kappa shape index (κ2) is 22.2. The summed E-state index contributed by atoms with van der Waals surface area (Å²) in [4.78, 5) is 73.5. The minimum atomic E-state index is -1.10. The van der Waals surface area contributed by atoms with Crippen LogP contribution in [0.5, 0.6) is 0 Å². The molecule has 0 aliphatic carbocycles. The van der Waals surface area contributed by atoms with Crippen LogP contribution in [-0.4, -0.2) is 113 Å². The van der Waals surface area contributed by atoms with Crippen LogP contribution in [0.3, 0.4) is 0 Å². The van der Waals surface area contributed by atoms with E-state index in [-0.39, 0.29) is 47.7 Å². The summed E-state index contributed by atoms with van der Waals surface area (Å²) in [5.41, 5.74) is 9.28. The van der Waals surface area contributed by atoms with Gasteiger partial charge in [-0.15, -0.1) is 0 Å². The first kappa shape index (κ1) is 51.6. The van der Waals surface area contributed by atoms with Gasteiger partial charge in [-0.1, -0.05) is 38.1 Å². The van der Waals surface area contributed by atoms with E-state index in [9.17, 15) is 41.8 Å². The van der Waals surface area contributed by atoms with Gasteiger partial charge in [-0.3, -0.25) is 4.79 Å². The lowest BCUT2D eigenvalue weighted by Gasteiger charge is -2.31. The number of carbonyl (C=O) groups is 4. The lowest BCUT2D eigenvalue weighted by atomic mass is 9.95. The van der Waals surface area contributed by atoms with Crippen LogP contribution in [0.4, 0.5) is 62.1 Å². The van der Waals surface area contributed by atoms with Crippen LogP contribution in [0.25, 0.3) is 22.5 Å². The Hall–Kier alpha value is -8.24. The van der Waals surface area contributed by atoms with Gasteiger partial charge in [-0.2, -0.15) is 9.97 Å². The predicted octanol–water partition coefficient (Wildman–Crippen LogP) is 7.44. The fourth-order valence-corrected chi connectivity index (χ4v) is 8.02. The Labute approximate surface area is 412 Å². The Morgan fingerprint density at radius 3 is 1.39 bits per heavy atom. The van der Waals surface area contributed by atoms with Gasteiger partial charge in [0, 0.05) is 54.0 Å². The molecule has 2 aliphatic rings. The molecule has 22 heteroatoms. The van der Waals surface area contributed by atoms with Crippen LogP contribution in [0, 0.1) is 23.3 Å². The van der Waals surface area contributed by atoms with E-state index in [0.29, 0.717) is 72.7 Å². The second-order valence-corrected chi connectivity index (χ2v) is 17.1. The fourth-order valence-electron chi connectivity index (χ4n) is 8.02. The molecule has 2 aliphatic heterocycles. The first-order valence-corrected chi connectivity index (χ1v) is 22.8. The van der Waals surface area contributed by atoms with Gasteiger partial charge in [0.05, 0.1) is 30.0 Å². The van der Waals surface area contributed by atoms with Crippen molar-refractivity contribution >= 4 is 58.8 Å². The van der Waals surface area contributed by atoms with Crippen molar-refractivity contribution in [3.63, 3.8) is 0 Å². The largest absolute Gasteiger partial charge is 0.478 e. The highest BCUT2D eigenvalue weighted by Crippen LogP contribution is 2.41. The highest BCUT2D eigenvalue weighted by Gasteiger charge is 2.36. The van der Waals surface area contributed by atoms with E-state index in [1.807, 2.05) is 51.8 Å². The van der Waals surface area contributed by atoms with Gasteiger partial charge in [0.25, 0.3) is 0 Å². The maximum Gasteiger partial charge on any atom is 0.335 e. The Morgan fingerprint density at radius 2 is 1.03 bits per heavy atom. The highest BCUT2D eigenvalue weighted by atomic mass is 19.1. The molecule has 0 fully saturated rings. The minimum absolute atomic E-state index is 0.00545. The number of benzene rings is 4. The van der Waals surface area contributed by atoms with Crippen LogP contribution in [0.1, 0.15) is 56.8 Å². The number of fused-ring (bicyclic) bond motifs is 2. The number of carbonyl (C=O) groups excluding carboxylic acids is 3. The SMILES string of the molecule is CCc1ccc(C(=O)O)cc1-c1nc(NCCN(C)C)nc2c1CNC(=O)N2c1c(F)cccc1F.CCc1ccc(C(N)=O)cc1-c1nc(NCCN(C)C)nc2c1CNC(=O)N2c1c(F)cccc1F. The summed E-state index contributed by atoms with van der Waals surface area (Å²) in [5.74, 6) is -5.00. The van der Waals surface area contributed by atoms with Crippen molar-refractivity contribution in [2.24, 2.45) is 5.73 Å². The molecule has 7 N–H and O–H groups in total. The number of rotatable bonds is 16. The number of carboxylic acid groups (broad SMARTS) is 1. The van der Waals surface area contributed by atoms with Crippen molar-refractivity contribution < 1.29 is 41.8 Å². The number of nitrogens with two attached hydrogens (primary N) is 1. The molecule has 0 spiro atoms. The van der Waals surface area contributed by atoms with Crippen LogP contribution < -0.4 is 36.8 Å². The van der Waals surface area contributed by atoms with Crippen molar-refractivity contribution in [3.8, 4) is 22.5 Å². The number of para-hydroxylation sites is 2. The van der Waals surface area contributed by atoms with E-state index >= 15 is 0 Å². The zero-order valence-electron chi connectivity index (χ0n) is 40.3. The third-order valence-corrected chi connectivity index (χ3v) is 11.7. The van der Waals surface area contributed by atoms with Crippen molar-refractivity contribution in [1.82, 2.24) is 40.4 Å². The number of urea groups is 2. The third kappa shape index (κ3) is 11.0. The second-order valence-electron chi connectivity index (χ2n) is 17.1. The predicted molar refractivity (Wildman–Crippen MR) is 265 cm³/mol. The number of aryl methyl sites for hydroxylation is 2. The lowest BCUT2D eigenvalue weighted by molar-refractivity contribution is 0.0696. The summed E-state index contributed by atoms with van der Waals surface area (Å²) in [6, 6.07) is 15.0.